The van der Waals surface area contributed by atoms with Gasteiger partial charge in [0.2, 0.25) is 0 Å². The van der Waals surface area contributed by atoms with Gasteiger partial charge in [-0.2, -0.15) is 0 Å². The van der Waals surface area contributed by atoms with Crippen molar-refractivity contribution < 1.29 is 9.90 Å². The maximum absolute atomic E-state index is 12.5. The molecule has 4 heteroatoms. The van der Waals surface area contributed by atoms with Crippen LogP contribution in [0.25, 0.3) is 0 Å². The number of piperidine rings is 1. The number of likely N-dealkylation sites (tertiary alicyclic amines) is 1. The summed E-state index contributed by atoms with van der Waals surface area (Å²) >= 11 is 0. The van der Waals surface area contributed by atoms with Gasteiger partial charge in [0.25, 0.3) is 5.91 Å². The fraction of sp³-hybridized carbons (Fsp3) is 0.611. The van der Waals surface area contributed by atoms with E-state index < -0.39 is 0 Å². The van der Waals surface area contributed by atoms with E-state index in [4.69, 9.17) is 0 Å². The van der Waals surface area contributed by atoms with Crippen LogP contribution in [-0.2, 0) is 0 Å². The van der Waals surface area contributed by atoms with Crippen molar-refractivity contribution in [2.45, 2.75) is 44.6 Å². The summed E-state index contributed by atoms with van der Waals surface area (Å²) in [6.45, 7) is 2.20. The maximum Gasteiger partial charge on any atom is 0.254 e. The predicted octanol–water partition coefficient (Wildman–Crippen LogP) is 2.89. The van der Waals surface area contributed by atoms with Crippen LogP contribution in [0.15, 0.2) is 24.3 Å². The number of β-amino-alcohol motifs (C(OH)–C–C–N with tert-alkyl or cyclic N) is 1. The van der Waals surface area contributed by atoms with Crippen LogP contribution in [0.2, 0.25) is 0 Å². The van der Waals surface area contributed by atoms with Crippen molar-refractivity contribution in [1.82, 2.24) is 4.90 Å². The first kappa shape index (κ1) is 15.3. The lowest BCUT2D eigenvalue weighted by Crippen LogP contribution is -2.42. The van der Waals surface area contributed by atoms with Crippen LogP contribution in [0.3, 0.4) is 0 Å². The third-order valence-corrected chi connectivity index (χ3v) is 4.86. The van der Waals surface area contributed by atoms with Gasteiger partial charge in [0, 0.05) is 30.9 Å². The van der Waals surface area contributed by atoms with Gasteiger partial charge in [-0.15, -0.1) is 0 Å². The molecule has 0 spiro atoms. The van der Waals surface area contributed by atoms with Crippen molar-refractivity contribution in [3.63, 3.8) is 0 Å². The summed E-state index contributed by atoms with van der Waals surface area (Å²) in [5, 5.41) is 13.2. The Hall–Kier alpha value is -1.55. The maximum atomic E-state index is 12.5. The summed E-state index contributed by atoms with van der Waals surface area (Å²) in [6.07, 6.45) is 6.64. The molecule has 3 rings (SSSR count). The highest BCUT2D eigenvalue weighted by Crippen LogP contribution is 2.25. The van der Waals surface area contributed by atoms with E-state index >= 15 is 0 Å². The molecule has 1 aromatic rings. The highest BCUT2D eigenvalue weighted by Gasteiger charge is 2.23. The van der Waals surface area contributed by atoms with Gasteiger partial charge in [-0.25, -0.2) is 0 Å². The molecule has 2 N–H and O–H groups in total. The zero-order chi connectivity index (χ0) is 15.4. The fourth-order valence-corrected chi connectivity index (χ4v) is 3.56. The molecule has 2 fully saturated rings. The minimum absolute atomic E-state index is 0.0308. The number of nitrogens with zero attached hydrogens (tertiary/aromatic N) is 1. The minimum Gasteiger partial charge on any atom is -0.391 e. The topological polar surface area (TPSA) is 52.6 Å². The average molecular weight is 302 g/mol. The molecular weight excluding hydrogens is 276 g/mol. The number of anilines is 1. The first-order valence-corrected chi connectivity index (χ1v) is 8.53. The molecule has 1 amide bonds. The second kappa shape index (κ2) is 7.14. The molecule has 1 atom stereocenters. The molecule has 22 heavy (non-hydrogen) atoms. The van der Waals surface area contributed by atoms with Crippen LogP contribution < -0.4 is 5.32 Å². The van der Waals surface area contributed by atoms with Gasteiger partial charge in [0.05, 0.1) is 6.10 Å². The first-order valence-electron chi connectivity index (χ1n) is 8.53. The number of hydrogen-bond acceptors (Lipinski definition) is 3. The van der Waals surface area contributed by atoms with E-state index in [0.717, 1.165) is 37.5 Å². The van der Waals surface area contributed by atoms with Crippen molar-refractivity contribution in [3.05, 3.63) is 29.8 Å². The fourth-order valence-electron chi connectivity index (χ4n) is 3.56. The zero-order valence-electron chi connectivity index (χ0n) is 13.1. The van der Waals surface area contributed by atoms with Crippen molar-refractivity contribution in [1.29, 1.82) is 0 Å². The molecule has 1 heterocycles. The molecule has 1 saturated heterocycles. The lowest BCUT2D eigenvalue weighted by Gasteiger charge is -2.30. The SMILES string of the molecule is O=C(c1cccc(NCC2CCCC2)c1)N1CCCC(O)C1. The Labute approximate surface area is 132 Å². The summed E-state index contributed by atoms with van der Waals surface area (Å²) in [7, 11) is 0. The van der Waals surface area contributed by atoms with E-state index in [1.807, 2.05) is 24.3 Å². The van der Waals surface area contributed by atoms with Gasteiger partial charge in [0.1, 0.15) is 0 Å². The predicted molar refractivity (Wildman–Crippen MR) is 88.0 cm³/mol. The molecule has 120 valence electrons. The van der Waals surface area contributed by atoms with Crippen LogP contribution in [0.5, 0.6) is 0 Å². The van der Waals surface area contributed by atoms with Gasteiger partial charge in [-0.1, -0.05) is 18.9 Å². The molecule has 1 saturated carbocycles. The highest BCUT2D eigenvalue weighted by atomic mass is 16.3. The molecule has 1 aliphatic carbocycles. The minimum atomic E-state index is -0.374. The van der Waals surface area contributed by atoms with Gasteiger partial charge in [-0.3, -0.25) is 4.79 Å². The number of hydrogen-bond donors (Lipinski definition) is 2. The van der Waals surface area contributed by atoms with Gasteiger partial charge in [-0.05, 0) is 49.8 Å². The third kappa shape index (κ3) is 3.80. The summed E-state index contributed by atoms with van der Waals surface area (Å²) in [4.78, 5) is 14.3. The number of aliphatic hydroxyl groups excluding tert-OH is 1. The Balaban J connectivity index is 1.61. The molecule has 4 nitrogen and oxygen atoms in total. The Morgan fingerprint density at radius 2 is 2.05 bits per heavy atom. The summed E-state index contributed by atoms with van der Waals surface area (Å²) < 4.78 is 0. The van der Waals surface area contributed by atoms with E-state index in [1.54, 1.807) is 4.90 Å². The number of rotatable bonds is 4. The van der Waals surface area contributed by atoms with Crippen molar-refractivity contribution in [2.75, 3.05) is 25.0 Å². The van der Waals surface area contributed by atoms with Crippen LogP contribution in [0.4, 0.5) is 5.69 Å². The third-order valence-electron chi connectivity index (χ3n) is 4.86. The average Bonchev–Trinajstić information content (AvgIpc) is 3.06. The number of carbonyl (C=O) groups excluding carboxylic acids is 1. The molecule has 1 aliphatic heterocycles. The van der Waals surface area contributed by atoms with Crippen LogP contribution in [-0.4, -0.2) is 41.7 Å². The Bertz CT molecular complexity index is 512. The zero-order valence-corrected chi connectivity index (χ0v) is 13.1. The van der Waals surface area contributed by atoms with Gasteiger partial charge in [0.15, 0.2) is 0 Å². The Morgan fingerprint density at radius 3 is 2.82 bits per heavy atom. The largest absolute Gasteiger partial charge is 0.391 e. The number of nitrogens with one attached hydrogen (secondary N) is 1. The number of amides is 1. The van der Waals surface area contributed by atoms with E-state index in [0.29, 0.717) is 12.1 Å². The van der Waals surface area contributed by atoms with Crippen molar-refractivity contribution in [3.8, 4) is 0 Å². The summed E-state index contributed by atoms with van der Waals surface area (Å²) in [6, 6.07) is 7.77. The van der Waals surface area contributed by atoms with Crippen LogP contribution in [0.1, 0.15) is 48.9 Å². The van der Waals surface area contributed by atoms with Crippen molar-refractivity contribution >= 4 is 11.6 Å². The Morgan fingerprint density at radius 1 is 1.23 bits per heavy atom. The molecule has 0 radical (unpaired) electrons. The van der Waals surface area contributed by atoms with Gasteiger partial charge >= 0.3 is 0 Å². The second-order valence-corrected chi connectivity index (χ2v) is 6.66. The first-order chi connectivity index (χ1) is 10.7. The molecule has 1 unspecified atom stereocenters. The van der Waals surface area contributed by atoms with Gasteiger partial charge < -0.3 is 15.3 Å². The lowest BCUT2D eigenvalue weighted by molar-refractivity contribution is 0.0474. The van der Waals surface area contributed by atoms with Crippen LogP contribution in [0, 0.1) is 5.92 Å². The molecule has 1 aromatic carbocycles. The standard InChI is InChI=1S/C18H26N2O2/c21-17-9-4-10-20(13-17)18(22)15-7-3-8-16(11-15)19-12-14-5-1-2-6-14/h3,7-8,11,14,17,19,21H,1-2,4-6,9-10,12-13H2. The monoisotopic (exact) mass is 302 g/mol. The number of aliphatic hydroxyl groups is 1. The second-order valence-electron chi connectivity index (χ2n) is 6.66. The summed E-state index contributed by atoms with van der Waals surface area (Å²) in [5.74, 6) is 0.805. The molecule has 0 aromatic heterocycles. The smallest absolute Gasteiger partial charge is 0.254 e. The van der Waals surface area contributed by atoms with Crippen molar-refractivity contribution in [2.24, 2.45) is 5.92 Å². The van der Waals surface area contributed by atoms with Crippen LogP contribution >= 0.6 is 0 Å². The van der Waals surface area contributed by atoms with E-state index in [9.17, 15) is 9.90 Å². The highest BCUT2D eigenvalue weighted by molar-refractivity contribution is 5.95. The molecule has 0 bridgehead atoms. The summed E-state index contributed by atoms with van der Waals surface area (Å²) in [5.41, 5.74) is 1.74. The van der Waals surface area contributed by atoms with E-state index in [2.05, 4.69) is 5.32 Å². The quantitative estimate of drug-likeness (QED) is 0.899. The number of carbonyl (C=O) groups is 1. The molecule has 2 aliphatic rings. The molecular formula is C18H26N2O2. The normalized spacial score (nSPS) is 22.8. The van der Waals surface area contributed by atoms with E-state index in [1.165, 1.54) is 25.7 Å². The number of benzene rings is 1. The lowest BCUT2D eigenvalue weighted by atomic mass is 10.1. The van der Waals surface area contributed by atoms with E-state index in [-0.39, 0.29) is 12.0 Å². The Kier molecular flexibility index (Phi) is 4.98.